The van der Waals surface area contributed by atoms with E-state index in [1.54, 1.807) is 24.3 Å². The molecule has 0 aromatic heterocycles. The van der Waals surface area contributed by atoms with E-state index < -0.39 is 15.4 Å². The van der Waals surface area contributed by atoms with Crippen molar-refractivity contribution in [2.45, 2.75) is 37.0 Å². The van der Waals surface area contributed by atoms with Crippen molar-refractivity contribution in [1.29, 1.82) is 0 Å². The topological polar surface area (TPSA) is 77.8 Å². The predicted molar refractivity (Wildman–Crippen MR) is 124 cm³/mol. The SMILES string of the molecule is CN(C)S(=O)(=O)c1ccc(CCC(C)(C)c2cc(O)c(-c3ccccc3)cc2O)cc1. The van der Waals surface area contributed by atoms with Crippen LogP contribution < -0.4 is 0 Å². The maximum atomic E-state index is 12.2. The van der Waals surface area contributed by atoms with Crippen molar-refractivity contribution in [3.05, 3.63) is 77.9 Å². The second kappa shape index (κ2) is 8.73. The molecule has 0 aliphatic heterocycles. The molecule has 5 nitrogen and oxygen atoms in total. The van der Waals surface area contributed by atoms with Gasteiger partial charge in [-0.05, 0) is 53.6 Å². The molecule has 164 valence electrons. The lowest BCUT2D eigenvalue weighted by molar-refractivity contribution is 0.413. The molecule has 0 aliphatic rings. The standard InChI is InChI=1S/C25H29NO4S/c1-25(2,15-14-18-10-12-20(13-11-18)31(29,30)26(3)4)22-17-23(27)21(16-24(22)28)19-8-6-5-7-9-19/h5-13,16-17,27-28H,14-15H2,1-4H3. The van der Waals surface area contributed by atoms with Crippen LogP contribution in [-0.4, -0.2) is 37.0 Å². The Balaban J connectivity index is 1.79. The lowest BCUT2D eigenvalue weighted by Crippen LogP contribution is -2.22. The van der Waals surface area contributed by atoms with Crippen molar-refractivity contribution in [2.24, 2.45) is 0 Å². The Morgan fingerprint density at radius 2 is 1.48 bits per heavy atom. The minimum atomic E-state index is -3.44. The molecule has 31 heavy (non-hydrogen) atoms. The summed E-state index contributed by atoms with van der Waals surface area (Å²) in [6.07, 6.45) is 1.42. The van der Waals surface area contributed by atoms with E-state index in [1.165, 1.54) is 18.4 Å². The third kappa shape index (κ3) is 4.92. The summed E-state index contributed by atoms with van der Waals surface area (Å²) in [6, 6.07) is 19.6. The molecule has 0 atom stereocenters. The molecule has 3 rings (SSSR count). The zero-order chi connectivity index (χ0) is 22.8. The number of nitrogens with zero attached hydrogens (tertiary/aromatic N) is 1. The molecule has 0 spiro atoms. The maximum Gasteiger partial charge on any atom is 0.242 e. The van der Waals surface area contributed by atoms with Gasteiger partial charge >= 0.3 is 0 Å². The van der Waals surface area contributed by atoms with Crippen LogP contribution in [0.25, 0.3) is 11.1 Å². The Bertz CT molecular complexity index is 1150. The highest BCUT2D eigenvalue weighted by Crippen LogP contribution is 2.41. The fraction of sp³-hybridized carbons (Fsp3) is 0.280. The van der Waals surface area contributed by atoms with Gasteiger partial charge < -0.3 is 10.2 Å². The number of hydrogen-bond donors (Lipinski definition) is 2. The van der Waals surface area contributed by atoms with E-state index in [4.69, 9.17) is 0 Å². The highest BCUT2D eigenvalue weighted by molar-refractivity contribution is 7.89. The van der Waals surface area contributed by atoms with E-state index in [-0.39, 0.29) is 16.4 Å². The van der Waals surface area contributed by atoms with Crippen LogP contribution in [0, 0.1) is 0 Å². The Hall–Kier alpha value is -2.83. The third-order valence-corrected chi connectivity index (χ3v) is 7.50. The third-order valence-electron chi connectivity index (χ3n) is 5.67. The zero-order valence-corrected chi connectivity index (χ0v) is 19.1. The Labute approximate surface area is 184 Å². The maximum absolute atomic E-state index is 12.2. The van der Waals surface area contributed by atoms with E-state index in [1.807, 2.05) is 56.3 Å². The van der Waals surface area contributed by atoms with E-state index in [9.17, 15) is 18.6 Å². The van der Waals surface area contributed by atoms with E-state index in [0.29, 0.717) is 24.0 Å². The van der Waals surface area contributed by atoms with Crippen molar-refractivity contribution in [1.82, 2.24) is 4.31 Å². The monoisotopic (exact) mass is 439 g/mol. The number of benzene rings is 3. The predicted octanol–water partition coefficient (Wildman–Crippen LogP) is 4.93. The van der Waals surface area contributed by atoms with Gasteiger partial charge in [-0.2, -0.15) is 0 Å². The number of aryl methyl sites for hydroxylation is 1. The summed E-state index contributed by atoms with van der Waals surface area (Å²) in [7, 11) is -0.424. The second-order valence-electron chi connectivity index (χ2n) is 8.57. The average molecular weight is 440 g/mol. The minimum Gasteiger partial charge on any atom is -0.508 e. The van der Waals surface area contributed by atoms with Crippen LogP contribution >= 0.6 is 0 Å². The van der Waals surface area contributed by atoms with Gasteiger partial charge in [0.05, 0.1) is 4.90 Å². The van der Waals surface area contributed by atoms with Crippen LogP contribution in [0.2, 0.25) is 0 Å². The summed E-state index contributed by atoms with van der Waals surface area (Å²) in [5.41, 5.74) is 2.72. The molecule has 0 fully saturated rings. The first-order valence-electron chi connectivity index (χ1n) is 10.2. The van der Waals surface area contributed by atoms with Crippen LogP contribution in [0.1, 0.15) is 31.4 Å². The molecule has 0 radical (unpaired) electrons. The first kappa shape index (κ1) is 22.8. The molecule has 0 amide bonds. The average Bonchev–Trinajstić information content (AvgIpc) is 2.74. The molecule has 0 bridgehead atoms. The number of aromatic hydroxyl groups is 2. The molecule has 3 aromatic rings. The summed E-state index contributed by atoms with van der Waals surface area (Å²) < 4.78 is 25.6. The zero-order valence-electron chi connectivity index (χ0n) is 18.3. The molecular weight excluding hydrogens is 410 g/mol. The Morgan fingerprint density at radius 1 is 0.871 bits per heavy atom. The largest absolute Gasteiger partial charge is 0.508 e. The summed E-state index contributed by atoms with van der Waals surface area (Å²) in [6.45, 7) is 4.04. The first-order valence-corrected chi connectivity index (χ1v) is 11.6. The fourth-order valence-corrected chi connectivity index (χ4v) is 4.50. The molecule has 0 aliphatic carbocycles. The molecule has 3 aromatic carbocycles. The summed E-state index contributed by atoms with van der Waals surface area (Å²) in [5, 5.41) is 21.3. The Morgan fingerprint density at radius 3 is 2.06 bits per heavy atom. The van der Waals surface area contributed by atoms with Gasteiger partial charge in [0.25, 0.3) is 0 Å². The summed E-state index contributed by atoms with van der Waals surface area (Å²) >= 11 is 0. The lowest BCUT2D eigenvalue weighted by atomic mass is 9.78. The van der Waals surface area contributed by atoms with Gasteiger partial charge in [-0.15, -0.1) is 0 Å². The van der Waals surface area contributed by atoms with Gasteiger partial charge in [0.15, 0.2) is 0 Å². The van der Waals surface area contributed by atoms with Gasteiger partial charge in [-0.25, -0.2) is 12.7 Å². The number of phenolic OH excluding ortho intramolecular Hbond substituents is 2. The van der Waals surface area contributed by atoms with Gasteiger partial charge in [-0.1, -0.05) is 56.3 Å². The molecule has 0 heterocycles. The van der Waals surface area contributed by atoms with Gasteiger partial charge in [0.1, 0.15) is 11.5 Å². The van der Waals surface area contributed by atoms with Crippen LogP contribution in [0.4, 0.5) is 0 Å². The quantitative estimate of drug-likeness (QED) is 0.512. The van der Waals surface area contributed by atoms with Crippen LogP contribution in [-0.2, 0) is 21.9 Å². The highest BCUT2D eigenvalue weighted by atomic mass is 32.2. The van der Waals surface area contributed by atoms with Gasteiger partial charge in [0.2, 0.25) is 10.0 Å². The van der Waals surface area contributed by atoms with E-state index >= 15 is 0 Å². The second-order valence-corrected chi connectivity index (χ2v) is 10.7. The molecular formula is C25H29NO4S. The van der Waals surface area contributed by atoms with Gasteiger partial charge in [0, 0.05) is 25.2 Å². The van der Waals surface area contributed by atoms with Crippen molar-refractivity contribution in [2.75, 3.05) is 14.1 Å². The van der Waals surface area contributed by atoms with Crippen molar-refractivity contribution in [3.63, 3.8) is 0 Å². The van der Waals surface area contributed by atoms with Crippen LogP contribution in [0.15, 0.2) is 71.6 Å². The number of hydrogen-bond acceptors (Lipinski definition) is 4. The normalized spacial score (nSPS) is 12.3. The lowest BCUT2D eigenvalue weighted by Gasteiger charge is -2.27. The van der Waals surface area contributed by atoms with Crippen molar-refractivity contribution in [3.8, 4) is 22.6 Å². The smallest absolute Gasteiger partial charge is 0.242 e. The molecule has 6 heteroatoms. The minimum absolute atomic E-state index is 0.130. The van der Waals surface area contributed by atoms with Crippen molar-refractivity contribution < 1.29 is 18.6 Å². The van der Waals surface area contributed by atoms with Crippen LogP contribution in [0.3, 0.4) is 0 Å². The van der Waals surface area contributed by atoms with E-state index in [2.05, 4.69) is 0 Å². The molecule has 0 saturated heterocycles. The van der Waals surface area contributed by atoms with Gasteiger partial charge in [-0.3, -0.25) is 0 Å². The Kier molecular flexibility index (Phi) is 6.43. The fourth-order valence-electron chi connectivity index (χ4n) is 3.60. The number of sulfonamides is 1. The summed E-state index contributed by atoms with van der Waals surface area (Å²) in [4.78, 5) is 0.263. The molecule has 0 saturated carbocycles. The van der Waals surface area contributed by atoms with Crippen LogP contribution in [0.5, 0.6) is 11.5 Å². The number of phenols is 2. The summed E-state index contributed by atoms with van der Waals surface area (Å²) in [5.74, 6) is 0.277. The molecule has 0 unspecified atom stereocenters. The van der Waals surface area contributed by atoms with Crippen molar-refractivity contribution >= 4 is 10.0 Å². The first-order chi connectivity index (χ1) is 14.5. The molecule has 2 N–H and O–H groups in total. The number of rotatable bonds is 7. The highest BCUT2D eigenvalue weighted by Gasteiger charge is 2.26. The van der Waals surface area contributed by atoms with E-state index in [0.717, 1.165) is 11.1 Å².